The van der Waals surface area contributed by atoms with Crippen molar-refractivity contribution in [2.75, 3.05) is 29.9 Å². The molecular weight excluding hydrogens is 329 g/mol. The van der Waals surface area contributed by atoms with E-state index in [1.807, 2.05) is 22.7 Å². The number of halogens is 1. The molecule has 3 heterocycles. The molecule has 1 aromatic carbocycles. The van der Waals surface area contributed by atoms with Crippen molar-refractivity contribution in [1.29, 1.82) is 0 Å². The van der Waals surface area contributed by atoms with Gasteiger partial charge < -0.3 is 10.2 Å². The van der Waals surface area contributed by atoms with Crippen molar-refractivity contribution in [2.45, 2.75) is 26.2 Å². The minimum atomic E-state index is -0.187. The number of hydrogen-bond donors (Lipinski definition) is 1. The van der Waals surface area contributed by atoms with Crippen molar-refractivity contribution >= 4 is 17.2 Å². The first kappa shape index (κ1) is 16.8. The number of rotatable bonds is 5. The molecule has 6 heteroatoms. The summed E-state index contributed by atoms with van der Waals surface area (Å²) in [4.78, 5) is 6.98. The van der Waals surface area contributed by atoms with Crippen LogP contribution < -0.4 is 10.2 Å². The van der Waals surface area contributed by atoms with E-state index in [2.05, 4.69) is 40.2 Å². The summed E-state index contributed by atoms with van der Waals surface area (Å²) >= 11 is 0. The van der Waals surface area contributed by atoms with E-state index >= 15 is 0 Å². The molecule has 3 aromatic rings. The zero-order chi connectivity index (χ0) is 18.1. The van der Waals surface area contributed by atoms with Crippen molar-refractivity contribution in [3.8, 4) is 0 Å². The Kier molecular flexibility index (Phi) is 4.49. The molecule has 0 aliphatic carbocycles. The summed E-state index contributed by atoms with van der Waals surface area (Å²) in [5, 5.41) is 7.95. The molecule has 0 radical (unpaired) electrons. The SMILES string of the molecule is CC(C)c1cc(NCC2CCN(c3ccc(F)cc3)C2)n2nccc2n1. The number of fused-ring (bicyclic) bond motifs is 1. The molecule has 0 saturated carbocycles. The van der Waals surface area contributed by atoms with Gasteiger partial charge in [0, 0.05) is 43.1 Å². The summed E-state index contributed by atoms with van der Waals surface area (Å²) in [7, 11) is 0. The van der Waals surface area contributed by atoms with Crippen LogP contribution in [0.25, 0.3) is 5.65 Å². The van der Waals surface area contributed by atoms with Crippen LogP contribution in [-0.4, -0.2) is 34.2 Å². The molecule has 2 aromatic heterocycles. The first-order chi connectivity index (χ1) is 12.6. The van der Waals surface area contributed by atoms with E-state index in [9.17, 15) is 4.39 Å². The Morgan fingerprint density at radius 3 is 2.81 bits per heavy atom. The minimum absolute atomic E-state index is 0.187. The molecule has 1 fully saturated rings. The van der Waals surface area contributed by atoms with E-state index in [0.29, 0.717) is 11.8 Å². The summed E-state index contributed by atoms with van der Waals surface area (Å²) in [6, 6.07) is 10.8. The maximum atomic E-state index is 13.1. The number of nitrogens with zero attached hydrogens (tertiary/aromatic N) is 4. The molecule has 1 saturated heterocycles. The average molecular weight is 353 g/mol. The lowest BCUT2D eigenvalue weighted by molar-refractivity contribution is 0.618. The average Bonchev–Trinajstić information content (AvgIpc) is 3.29. The molecule has 4 rings (SSSR count). The van der Waals surface area contributed by atoms with Gasteiger partial charge in [-0.05, 0) is 42.5 Å². The Hall–Kier alpha value is -2.63. The van der Waals surface area contributed by atoms with Crippen molar-refractivity contribution in [2.24, 2.45) is 5.92 Å². The van der Waals surface area contributed by atoms with Crippen LogP contribution in [0.15, 0.2) is 42.6 Å². The fourth-order valence-corrected chi connectivity index (χ4v) is 3.49. The summed E-state index contributed by atoms with van der Waals surface area (Å²) in [6.07, 6.45) is 2.90. The predicted molar refractivity (Wildman–Crippen MR) is 102 cm³/mol. The van der Waals surface area contributed by atoms with Gasteiger partial charge in [-0.15, -0.1) is 0 Å². The third-order valence-electron chi connectivity index (χ3n) is 5.02. The summed E-state index contributed by atoms with van der Waals surface area (Å²) in [5.74, 6) is 1.72. The van der Waals surface area contributed by atoms with E-state index in [1.165, 1.54) is 12.1 Å². The van der Waals surface area contributed by atoms with E-state index < -0.39 is 0 Å². The first-order valence-electron chi connectivity index (χ1n) is 9.19. The molecule has 1 atom stereocenters. The smallest absolute Gasteiger partial charge is 0.157 e. The highest BCUT2D eigenvalue weighted by molar-refractivity contribution is 5.50. The topological polar surface area (TPSA) is 45.5 Å². The first-order valence-corrected chi connectivity index (χ1v) is 9.19. The molecule has 1 unspecified atom stereocenters. The van der Waals surface area contributed by atoms with E-state index in [0.717, 1.165) is 48.9 Å². The highest BCUT2D eigenvalue weighted by atomic mass is 19.1. The number of anilines is 2. The van der Waals surface area contributed by atoms with Gasteiger partial charge in [-0.25, -0.2) is 9.37 Å². The fraction of sp³-hybridized carbons (Fsp3) is 0.400. The Labute approximate surface area is 152 Å². The van der Waals surface area contributed by atoms with Crippen LogP contribution in [0.5, 0.6) is 0 Å². The van der Waals surface area contributed by atoms with Crippen LogP contribution >= 0.6 is 0 Å². The summed E-state index contributed by atoms with van der Waals surface area (Å²) in [6.45, 7) is 7.16. The van der Waals surface area contributed by atoms with Gasteiger partial charge >= 0.3 is 0 Å². The molecule has 5 nitrogen and oxygen atoms in total. The van der Waals surface area contributed by atoms with Gasteiger partial charge in [0.05, 0.1) is 6.20 Å². The molecule has 0 amide bonds. The highest BCUT2D eigenvalue weighted by Gasteiger charge is 2.23. The van der Waals surface area contributed by atoms with Gasteiger partial charge in [0.2, 0.25) is 0 Å². The van der Waals surface area contributed by atoms with E-state index in [-0.39, 0.29) is 5.82 Å². The minimum Gasteiger partial charge on any atom is -0.371 e. The quantitative estimate of drug-likeness (QED) is 0.755. The Morgan fingerprint density at radius 1 is 1.23 bits per heavy atom. The van der Waals surface area contributed by atoms with Crippen LogP contribution in [0.3, 0.4) is 0 Å². The second-order valence-corrected chi connectivity index (χ2v) is 7.28. The van der Waals surface area contributed by atoms with E-state index in [4.69, 9.17) is 0 Å². The normalized spacial score (nSPS) is 17.4. The third kappa shape index (κ3) is 3.36. The molecule has 0 bridgehead atoms. The van der Waals surface area contributed by atoms with Gasteiger partial charge in [-0.3, -0.25) is 0 Å². The molecule has 1 N–H and O–H groups in total. The number of aromatic nitrogens is 3. The Bertz CT molecular complexity index is 887. The lowest BCUT2D eigenvalue weighted by Gasteiger charge is -2.19. The number of hydrogen-bond acceptors (Lipinski definition) is 4. The summed E-state index contributed by atoms with van der Waals surface area (Å²) in [5.41, 5.74) is 3.03. The van der Waals surface area contributed by atoms with Crippen molar-refractivity contribution < 1.29 is 4.39 Å². The number of nitrogens with one attached hydrogen (secondary N) is 1. The van der Waals surface area contributed by atoms with Crippen LogP contribution in [0.1, 0.15) is 31.9 Å². The van der Waals surface area contributed by atoms with Gasteiger partial charge in [0.25, 0.3) is 0 Å². The van der Waals surface area contributed by atoms with Crippen LogP contribution in [0.4, 0.5) is 15.9 Å². The van der Waals surface area contributed by atoms with Gasteiger partial charge in [0.15, 0.2) is 5.65 Å². The van der Waals surface area contributed by atoms with Crippen molar-refractivity contribution in [3.63, 3.8) is 0 Å². The summed E-state index contributed by atoms with van der Waals surface area (Å²) < 4.78 is 15.0. The van der Waals surface area contributed by atoms with Crippen molar-refractivity contribution in [3.05, 3.63) is 54.1 Å². The Morgan fingerprint density at radius 2 is 2.04 bits per heavy atom. The van der Waals surface area contributed by atoms with Gasteiger partial charge in [-0.2, -0.15) is 9.61 Å². The highest BCUT2D eigenvalue weighted by Crippen LogP contribution is 2.25. The van der Waals surface area contributed by atoms with Gasteiger partial charge in [0.1, 0.15) is 11.6 Å². The lowest BCUT2D eigenvalue weighted by Crippen LogP contribution is -2.23. The largest absolute Gasteiger partial charge is 0.371 e. The number of benzene rings is 1. The molecule has 0 spiro atoms. The Balaban J connectivity index is 1.44. The maximum absolute atomic E-state index is 13.1. The molecule has 136 valence electrons. The lowest BCUT2D eigenvalue weighted by atomic mass is 10.1. The molecule has 26 heavy (non-hydrogen) atoms. The van der Waals surface area contributed by atoms with Crippen LogP contribution in [0.2, 0.25) is 0 Å². The van der Waals surface area contributed by atoms with E-state index in [1.54, 1.807) is 6.20 Å². The maximum Gasteiger partial charge on any atom is 0.157 e. The molecule has 1 aliphatic rings. The molecule has 1 aliphatic heterocycles. The zero-order valence-electron chi connectivity index (χ0n) is 15.2. The second-order valence-electron chi connectivity index (χ2n) is 7.28. The van der Waals surface area contributed by atoms with Gasteiger partial charge in [-0.1, -0.05) is 13.8 Å². The standard InChI is InChI=1S/C20H24FN5/c1-14(2)18-11-20(26-19(24-18)7-9-23-26)22-12-15-8-10-25(13-15)17-5-3-16(21)4-6-17/h3-7,9,11,14-15,22H,8,10,12-13H2,1-2H3. The second kappa shape index (κ2) is 6.94. The zero-order valence-corrected chi connectivity index (χ0v) is 15.2. The predicted octanol–water partition coefficient (Wildman–Crippen LogP) is 3.93. The van der Waals surface area contributed by atoms with Crippen molar-refractivity contribution in [1.82, 2.24) is 14.6 Å². The van der Waals surface area contributed by atoms with Crippen LogP contribution in [-0.2, 0) is 0 Å². The third-order valence-corrected chi connectivity index (χ3v) is 5.02. The fourth-order valence-electron chi connectivity index (χ4n) is 3.49. The monoisotopic (exact) mass is 353 g/mol. The molecular formula is C20H24FN5. The van der Waals surface area contributed by atoms with Crippen LogP contribution in [0, 0.1) is 11.7 Å².